The summed E-state index contributed by atoms with van der Waals surface area (Å²) in [6.45, 7) is 3.14. The van der Waals surface area contributed by atoms with Gasteiger partial charge in [0.1, 0.15) is 0 Å². The van der Waals surface area contributed by atoms with E-state index in [9.17, 15) is 5.11 Å². The largest absolute Gasteiger partial charge is 0.392 e. The molecular formula is C18H25NO3. The maximum atomic E-state index is 10.3. The van der Waals surface area contributed by atoms with Crippen LogP contribution in [0.15, 0.2) is 30.3 Å². The van der Waals surface area contributed by atoms with Crippen molar-refractivity contribution in [2.75, 3.05) is 19.8 Å². The van der Waals surface area contributed by atoms with Crippen LogP contribution in [0.2, 0.25) is 0 Å². The molecule has 2 saturated heterocycles. The number of hydrogen-bond acceptors (Lipinski definition) is 4. The molecule has 22 heavy (non-hydrogen) atoms. The molecule has 4 nitrogen and oxygen atoms in total. The average Bonchev–Trinajstić information content (AvgIpc) is 2.95. The minimum Gasteiger partial charge on any atom is -0.392 e. The number of aliphatic hydroxyl groups excluding tert-OH is 1. The van der Waals surface area contributed by atoms with Gasteiger partial charge >= 0.3 is 0 Å². The maximum Gasteiger partial charge on any atom is 0.168 e. The SMILES string of the molecule is O[C@@H]1C[C@@H]2CC3(CC[C@H]2N(Cc2ccccc2)C1)OCCO3. The lowest BCUT2D eigenvalue weighted by molar-refractivity contribution is -0.206. The Morgan fingerprint density at radius 1 is 1.18 bits per heavy atom. The van der Waals surface area contributed by atoms with Gasteiger partial charge in [0.2, 0.25) is 0 Å². The van der Waals surface area contributed by atoms with Gasteiger partial charge in [-0.3, -0.25) is 4.90 Å². The lowest BCUT2D eigenvalue weighted by atomic mass is 9.74. The number of aliphatic hydroxyl groups is 1. The van der Waals surface area contributed by atoms with Gasteiger partial charge in [-0.2, -0.15) is 0 Å². The third-order valence-corrected chi connectivity index (χ3v) is 5.47. The van der Waals surface area contributed by atoms with E-state index in [0.29, 0.717) is 25.2 Å². The van der Waals surface area contributed by atoms with Crippen molar-refractivity contribution in [3.05, 3.63) is 35.9 Å². The van der Waals surface area contributed by atoms with E-state index in [1.165, 1.54) is 5.56 Å². The molecule has 2 heterocycles. The Bertz CT molecular complexity index is 500. The Morgan fingerprint density at radius 3 is 2.73 bits per heavy atom. The molecule has 3 fully saturated rings. The van der Waals surface area contributed by atoms with Gasteiger partial charge in [0.25, 0.3) is 0 Å². The highest BCUT2D eigenvalue weighted by Gasteiger charge is 2.48. The Morgan fingerprint density at radius 2 is 1.95 bits per heavy atom. The Hall–Kier alpha value is -0.940. The molecule has 1 aliphatic carbocycles. The minimum atomic E-state index is -0.351. The van der Waals surface area contributed by atoms with Crippen LogP contribution in [0, 0.1) is 5.92 Å². The summed E-state index contributed by atoms with van der Waals surface area (Å²) in [6, 6.07) is 11.1. The molecule has 1 aromatic rings. The second-order valence-corrected chi connectivity index (χ2v) is 6.98. The van der Waals surface area contributed by atoms with Crippen LogP contribution in [0.3, 0.4) is 0 Å². The molecule has 4 heteroatoms. The van der Waals surface area contributed by atoms with E-state index in [1.807, 2.05) is 0 Å². The molecule has 0 radical (unpaired) electrons. The van der Waals surface area contributed by atoms with Crippen LogP contribution < -0.4 is 0 Å². The number of piperidine rings is 1. The highest BCUT2D eigenvalue weighted by atomic mass is 16.7. The lowest BCUT2D eigenvalue weighted by Crippen LogP contribution is -2.55. The van der Waals surface area contributed by atoms with E-state index in [-0.39, 0.29) is 11.9 Å². The molecule has 0 amide bonds. The highest BCUT2D eigenvalue weighted by molar-refractivity contribution is 5.15. The van der Waals surface area contributed by atoms with Crippen LogP contribution in [-0.4, -0.2) is 47.7 Å². The summed E-state index contributed by atoms with van der Waals surface area (Å²) in [4.78, 5) is 2.47. The molecule has 2 aliphatic heterocycles. The third-order valence-electron chi connectivity index (χ3n) is 5.47. The second-order valence-electron chi connectivity index (χ2n) is 6.98. The number of ether oxygens (including phenoxy) is 2. The molecule has 120 valence electrons. The zero-order valence-electron chi connectivity index (χ0n) is 13.0. The van der Waals surface area contributed by atoms with Gasteiger partial charge < -0.3 is 14.6 Å². The molecular weight excluding hydrogens is 278 g/mol. The fourth-order valence-electron chi connectivity index (χ4n) is 4.55. The number of benzene rings is 1. The summed E-state index contributed by atoms with van der Waals surface area (Å²) in [7, 11) is 0. The normalized spacial score (nSPS) is 34.7. The van der Waals surface area contributed by atoms with E-state index >= 15 is 0 Å². The second kappa shape index (κ2) is 5.93. The van der Waals surface area contributed by atoms with Crippen LogP contribution in [0.4, 0.5) is 0 Å². The fraction of sp³-hybridized carbons (Fsp3) is 0.667. The van der Waals surface area contributed by atoms with Crippen molar-refractivity contribution in [2.24, 2.45) is 5.92 Å². The molecule has 1 saturated carbocycles. The van der Waals surface area contributed by atoms with Gasteiger partial charge in [-0.05, 0) is 24.3 Å². The number of hydrogen-bond donors (Lipinski definition) is 1. The van der Waals surface area contributed by atoms with Crippen LogP contribution in [0.5, 0.6) is 0 Å². The standard InChI is InChI=1S/C18H25NO3/c20-16-10-15-11-18(21-8-9-22-18)7-6-17(15)19(13-16)12-14-4-2-1-3-5-14/h1-5,15-17,20H,6-13H2/t15-,16-,17-/m1/s1. The van der Waals surface area contributed by atoms with E-state index in [1.54, 1.807) is 0 Å². The maximum absolute atomic E-state index is 10.3. The Labute approximate surface area is 132 Å². The number of nitrogens with zero attached hydrogens (tertiary/aromatic N) is 1. The van der Waals surface area contributed by atoms with Gasteiger partial charge in [0, 0.05) is 32.0 Å². The van der Waals surface area contributed by atoms with Crippen molar-refractivity contribution in [3.8, 4) is 0 Å². The van der Waals surface area contributed by atoms with Gasteiger partial charge in [-0.1, -0.05) is 30.3 Å². The number of likely N-dealkylation sites (tertiary alicyclic amines) is 1. The number of β-amino-alcohol motifs (C(OH)–C–C–N with tert-alkyl or cyclic N) is 1. The molecule has 3 atom stereocenters. The zero-order chi connectivity index (χ0) is 15.0. The first-order valence-corrected chi connectivity index (χ1v) is 8.48. The molecule has 1 aromatic carbocycles. The summed E-state index contributed by atoms with van der Waals surface area (Å²) in [5.74, 6) is 0.121. The summed E-state index contributed by atoms with van der Waals surface area (Å²) < 4.78 is 11.8. The molecule has 4 rings (SSSR count). The first-order chi connectivity index (χ1) is 10.7. The first kappa shape index (κ1) is 14.6. The first-order valence-electron chi connectivity index (χ1n) is 8.48. The molecule has 0 unspecified atom stereocenters. The van der Waals surface area contributed by atoms with Gasteiger partial charge in [0.15, 0.2) is 5.79 Å². The quantitative estimate of drug-likeness (QED) is 0.909. The van der Waals surface area contributed by atoms with Crippen LogP contribution >= 0.6 is 0 Å². The molecule has 1 N–H and O–H groups in total. The third kappa shape index (κ3) is 2.81. The fourth-order valence-corrected chi connectivity index (χ4v) is 4.55. The number of rotatable bonds is 2. The highest BCUT2D eigenvalue weighted by Crippen LogP contribution is 2.44. The topological polar surface area (TPSA) is 41.9 Å². The monoisotopic (exact) mass is 303 g/mol. The van der Waals surface area contributed by atoms with Crippen molar-refractivity contribution in [1.29, 1.82) is 0 Å². The van der Waals surface area contributed by atoms with Crippen molar-refractivity contribution in [3.63, 3.8) is 0 Å². The zero-order valence-corrected chi connectivity index (χ0v) is 13.0. The minimum absolute atomic E-state index is 0.235. The van der Waals surface area contributed by atoms with Crippen LogP contribution in [0.1, 0.15) is 31.2 Å². The Balaban J connectivity index is 1.49. The van der Waals surface area contributed by atoms with Gasteiger partial charge in [0.05, 0.1) is 19.3 Å². The van der Waals surface area contributed by atoms with Crippen molar-refractivity contribution < 1.29 is 14.6 Å². The lowest BCUT2D eigenvalue weighted by Gasteiger charge is -2.49. The van der Waals surface area contributed by atoms with Crippen molar-refractivity contribution in [1.82, 2.24) is 4.90 Å². The summed E-state index contributed by atoms with van der Waals surface area (Å²) in [5, 5.41) is 10.3. The van der Waals surface area contributed by atoms with Crippen molar-refractivity contribution >= 4 is 0 Å². The van der Waals surface area contributed by atoms with Crippen LogP contribution in [0.25, 0.3) is 0 Å². The average molecular weight is 303 g/mol. The van der Waals surface area contributed by atoms with Gasteiger partial charge in [-0.15, -0.1) is 0 Å². The number of fused-ring (bicyclic) bond motifs is 1. The summed E-state index contributed by atoms with van der Waals surface area (Å²) in [5.41, 5.74) is 1.32. The van der Waals surface area contributed by atoms with Crippen molar-refractivity contribution in [2.45, 2.75) is 50.2 Å². The summed E-state index contributed by atoms with van der Waals surface area (Å²) in [6.07, 6.45) is 3.66. The summed E-state index contributed by atoms with van der Waals surface area (Å²) >= 11 is 0. The molecule has 3 aliphatic rings. The molecule has 0 aromatic heterocycles. The van der Waals surface area contributed by atoms with E-state index in [4.69, 9.17) is 9.47 Å². The predicted octanol–water partition coefficient (Wildman–Crippen LogP) is 2.17. The van der Waals surface area contributed by atoms with E-state index in [2.05, 4.69) is 35.2 Å². The van der Waals surface area contributed by atoms with E-state index < -0.39 is 0 Å². The smallest absolute Gasteiger partial charge is 0.168 e. The Kier molecular flexibility index (Phi) is 3.95. The molecule has 0 bridgehead atoms. The van der Waals surface area contributed by atoms with E-state index in [0.717, 1.165) is 38.8 Å². The predicted molar refractivity (Wildman–Crippen MR) is 83.2 cm³/mol. The molecule has 1 spiro atoms. The van der Waals surface area contributed by atoms with Gasteiger partial charge in [-0.25, -0.2) is 0 Å². The van der Waals surface area contributed by atoms with Crippen LogP contribution in [-0.2, 0) is 16.0 Å².